The maximum absolute atomic E-state index is 6.26. The van der Waals surface area contributed by atoms with Gasteiger partial charge in [0, 0.05) is 101 Å². The summed E-state index contributed by atoms with van der Waals surface area (Å²) in [6, 6.07) is 147. The number of aromatic nitrogens is 15. The van der Waals surface area contributed by atoms with Gasteiger partial charge in [0.1, 0.15) is 22.3 Å². The highest BCUT2D eigenvalue weighted by Gasteiger charge is 2.24. The van der Waals surface area contributed by atoms with Crippen molar-refractivity contribution in [2.24, 2.45) is 0 Å². The molecule has 0 aliphatic heterocycles. The normalized spacial score (nSPS) is 11.4. The first-order chi connectivity index (χ1) is 69.8. The van der Waals surface area contributed by atoms with Crippen molar-refractivity contribution in [1.82, 2.24) is 74.8 Å². The second-order valence-corrected chi connectivity index (χ2v) is 34.1. The van der Waals surface area contributed by atoms with Gasteiger partial charge in [-0.1, -0.05) is 358 Å². The standard InChI is InChI=1S/3C41H25N5O/c1-3-11-26(12-4-1)27-20-22-29(23-21-27)39-44-38(28-13-5-2-6-14-28)45-40(46-39)31-16-9-15-30(25-31)35-36-32-17-7-8-19-34(32)47-41(36)43-33-18-10-24-42-37(33)35;1-3-10-26(11-4-1)27-18-20-29(21-19-27)40-44-39(28-12-5-2-6-13-28)45-41(46-40)31-15-9-14-30(22-31)36-23-33-34-24-42-35-17-8-7-16-32(35)38(34)47-37(33)25-43-36;1-3-10-26(11-4-1)27-18-20-29(21-19-27)39-44-38(28-12-5-2-6-13-28)45-40(46-39)32-15-9-14-30(24-32)31-22-23-33-36(25-31)47-41-37(33)42-34-16-7-8-17-35(34)43-41/h3*1-25H. The summed E-state index contributed by atoms with van der Waals surface area (Å²) < 4.78 is 18.7. The molecule has 660 valence electrons. The maximum atomic E-state index is 6.26. The molecule has 16 aromatic carbocycles. The molecule has 0 radical (unpaired) electrons. The number of para-hydroxylation sites is 4. The van der Waals surface area contributed by atoms with Crippen LogP contribution in [0.4, 0.5) is 0 Å². The van der Waals surface area contributed by atoms with Gasteiger partial charge in [0.15, 0.2) is 58.0 Å². The Morgan fingerprint density at radius 1 is 0.163 bits per heavy atom. The van der Waals surface area contributed by atoms with Gasteiger partial charge in [-0.3, -0.25) is 15.0 Å². The van der Waals surface area contributed by atoms with Crippen molar-refractivity contribution in [2.75, 3.05) is 0 Å². The molecule has 27 aromatic rings. The molecule has 141 heavy (non-hydrogen) atoms. The van der Waals surface area contributed by atoms with Crippen molar-refractivity contribution in [2.45, 2.75) is 0 Å². The van der Waals surface area contributed by atoms with E-state index in [2.05, 4.69) is 175 Å². The van der Waals surface area contributed by atoms with Gasteiger partial charge in [-0.2, -0.15) is 0 Å². The molecule has 27 rings (SSSR count). The summed E-state index contributed by atoms with van der Waals surface area (Å²) in [5.74, 6) is 5.48. The minimum Gasteiger partial charge on any atom is -0.454 e. The quantitative estimate of drug-likeness (QED) is 0.0928. The summed E-state index contributed by atoms with van der Waals surface area (Å²) in [5.41, 5.74) is 29.9. The molecule has 0 bridgehead atoms. The molecule has 0 N–H and O–H groups in total. The summed E-state index contributed by atoms with van der Waals surface area (Å²) in [5, 5.41) is 5.79. The Kier molecular flexibility index (Phi) is 21.4. The van der Waals surface area contributed by atoms with Gasteiger partial charge >= 0.3 is 0 Å². The van der Waals surface area contributed by atoms with E-state index >= 15 is 0 Å². The fourth-order valence-corrected chi connectivity index (χ4v) is 18.1. The van der Waals surface area contributed by atoms with Gasteiger partial charge < -0.3 is 13.3 Å². The zero-order chi connectivity index (χ0) is 93.5. The van der Waals surface area contributed by atoms with Crippen LogP contribution in [0.2, 0.25) is 0 Å². The number of benzene rings is 16. The third-order valence-electron chi connectivity index (χ3n) is 25.2. The van der Waals surface area contributed by atoms with Gasteiger partial charge in [0.25, 0.3) is 0 Å². The molecule has 0 saturated heterocycles. The molecule has 0 amide bonds. The third kappa shape index (κ3) is 16.5. The SMILES string of the molecule is c1ccc(-c2ccc(-c3nc(-c4ccccc4)nc(-c4cccc(-c5c6ncccc6nc6oc7ccccc7c56)c4)n3)cc2)cc1.c1ccc(-c2ccc(-c3nc(-c4ccccc4)nc(-c4cccc(-c5cc6c(cn5)oc5c7ccccc7ncc65)c4)n3)cc2)cc1.c1ccc(-c2ccc(-c3nc(-c4ccccc4)nc(-c4cccc(-c5ccc6c(c5)oc5nc7ccccc7nc56)c4)n3)cc2)cc1. The third-order valence-corrected chi connectivity index (χ3v) is 25.2. The number of pyridine rings is 4. The number of hydrogen-bond donors (Lipinski definition) is 0. The molecule has 0 saturated carbocycles. The first kappa shape index (κ1) is 83.3. The molecule has 0 aliphatic carbocycles. The molecular formula is C123H75N15O3. The Balaban J connectivity index is 0.000000111. The number of nitrogens with zero attached hydrogens (tertiary/aromatic N) is 15. The van der Waals surface area contributed by atoms with Gasteiger partial charge in [-0.15, -0.1) is 0 Å². The second kappa shape index (κ2) is 36.3. The van der Waals surface area contributed by atoms with E-state index in [0.29, 0.717) is 63.8 Å². The summed E-state index contributed by atoms with van der Waals surface area (Å²) in [6.45, 7) is 0. The Hall–Kier alpha value is -19.6. The Bertz CT molecular complexity index is 9400. The minimum absolute atomic E-state index is 0.535. The molecular weight excluding hydrogens is 1740 g/mol. The second-order valence-electron chi connectivity index (χ2n) is 34.1. The number of fused-ring (bicyclic) bond motifs is 13. The summed E-state index contributed by atoms with van der Waals surface area (Å²) in [7, 11) is 0. The highest BCUT2D eigenvalue weighted by Crippen LogP contribution is 2.44. The highest BCUT2D eigenvalue weighted by atomic mass is 16.3. The van der Waals surface area contributed by atoms with E-state index in [4.69, 9.17) is 83.0 Å². The van der Waals surface area contributed by atoms with Crippen LogP contribution in [0.5, 0.6) is 0 Å². The van der Waals surface area contributed by atoms with E-state index in [-0.39, 0.29) is 0 Å². The highest BCUT2D eigenvalue weighted by molar-refractivity contribution is 6.18. The molecule has 11 heterocycles. The molecule has 11 aromatic heterocycles. The zero-order valence-electron chi connectivity index (χ0n) is 75.2. The van der Waals surface area contributed by atoms with Crippen molar-refractivity contribution in [3.8, 4) is 169 Å². The molecule has 0 aliphatic rings. The zero-order valence-corrected chi connectivity index (χ0v) is 75.2. The lowest BCUT2D eigenvalue weighted by molar-refractivity contribution is 0.655. The van der Waals surface area contributed by atoms with Crippen LogP contribution in [0.15, 0.2) is 469 Å². The topological polar surface area (TPSA) is 233 Å². The van der Waals surface area contributed by atoms with E-state index in [1.165, 1.54) is 5.56 Å². The van der Waals surface area contributed by atoms with Crippen molar-refractivity contribution in [3.05, 3.63) is 455 Å². The molecule has 0 unspecified atom stereocenters. The fourth-order valence-electron chi connectivity index (χ4n) is 18.1. The van der Waals surface area contributed by atoms with Crippen molar-refractivity contribution in [1.29, 1.82) is 0 Å². The van der Waals surface area contributed by atoms with Crippen molar-refractivity contribution in [3.63, 3.8) is 0 Å². The molecule has 18 heteroatoms. The van der Waals surface area contributed by atoms with Crippen LogP contribution >= 0.6 is 0 Å². The number of rotatable bonds is 15. The fraction of sp³-hybridized carbons (Fsp3) is 0. The molecule has 0 atom stereocenters. The lowest BCUT2D eigenvalue weighted by Gasteiger charge is -2.11. The van der Waals surface area contributed by atoms with Gasteiger partial charge in [-0.05, 0) is 129 Å². The van der Waals surface area contributed by atoms with Gasteiger partial charge in [0.2, 0.25) is 11.4 Å². The lowest BCUT2D eigenvalue weighted by atomic mass is 9.97. The summed E-state index contributed by atoms with van der Waals surface area (Å²) >= 11 is 0. The van der Waals surface area contributed by atoms with Gasteiger partial charge in [-0.25, -0.2) is 59.8 Å². The first-order valence-corrected chi connectivity index (χ1v) is 46.3. The van der Waals surface area contributed by atoms with E-state index < -0.39 is 0 Å². The monoisotopic (exact) mass is 1810 g/mol. The predicted octanol–water partition coefficient (Wildman–Crippen LogP) is 30.1. The van der Waals surface area contributed by atoms with Crippen LogP contribution in [0.3, 0.4) is 0 Å². The molecule has 0 fully saturated rings. The summed E-state index contributed by atoms with van der Waals surface area (Å²) in [4.78, 5) is 73.3. The lowest BCUT2D eigenvalue weighted by Crippen LogP contribution is -2.00. The van der Waals surface area contributed by atoms with Crippen LogP contribution in [-0.4, -0.2) is 74.8 Å². The summed E-state index contributed by atoms with van der Waals surface area (Å²) in [6.07, 6.45) is 5.48. The van der Waals surface area contributed by atoms with Crippen molar-refractivity contribution < 1.29 is 13.3 Å². The number of hydrogen-bond acceptors (Lipinski definition) is 18. The smallest absolute Gasteiger partial charge is 0.246 e. The van der Waals surface area contributed by atoms with Crippen LogP contribution < -0.4 is 0 Å². The van der Waals surface area contributed by atoms with Crippen molar-refractivity contribution >= 4 is 99.2 Å². The minimum atomic E-state index is 0.535. The van der Waals surface area contributed by atoms with E-state index in [1.807, 2.05) is 273 Å². The largest absolute Gasteiger partial charge is 0.454 e. The van der Waals surface area contributed by atoms with Crippen LogP contribution in [-0.2, 0) is 0 Å². The van der Waals surface area contributed by atoms with E-state index in [1.54, 1.807) is 12.4 Å². The molecule has 0 spiro atoms. The predicted molar refractivity (Wildman–Crippen MR) is 562 cm³/mol. The van der Waals surface area contributed by atoms with E-state index in [9.17, 15) is 0 Å². The number of furan rings is 3. The van der Waals surface area contributed by atoms with Gasteiger partial charge in [0.05, 0.1) is 44.9 Å². The molecule has 18 nitrogen and oxygen atoms in total. The Morgan fingerprint density at radius 2 is 0.518 bits per heavy atom. The van der Waals surface area contributed by atoms with Crippen LogP contribution in [0, 0.1) is 0 Å². The van der Waals surface area contributed by atoms with Crippen LogP contribution in [0.1, 0.15) is 0 Å². The average Bonchev–Trinajstić information content (AvgIpc) is 1.61. The first-order valence-electron chi connectivity index (χ1n) is 46.3. The Morgan fingerprint density at radius 3 is 1.03 bits per heavy atom. The van der Waals surface area contributed by atoms with Crippen LogP contribution in [0.25, 0.3) is 269 Å². The average molecular weight is 1810 g/mol. The van der Waals surface area contributed by atoms with E-state index in [0.717, 1.165) is 199 Å². The Labute approximate surface area is 806 Å². The maximum Gasteiger partial charge on any atom is 0.246 e.